The molecule has 0 fully saturated rings. The highest BCUT2D eigenvalue weighted by Crippen LogP contribution is 2.30. The third kappa shape index (κ3) is 2.36. The number of carbonyl (C=O) groups is 1. The first-order valence-electron chi connectivity index (χ1n) is 4.95. The number of aromatic amines is 1. The van der Waals surface area contributed by atoms with Gasteiger partial charge >= 0.3 is 6.03 Å². The van der Waals surface area contributed by atoms with Crippen molar-refractivity contribution in [2.75, 3.05) is 12.4 Å². The van der Waals surface area contributed by atoms with Crippen LogP contribution in [-0.4, -0.2) is 23.3 Å². The maximum atomic E-state index is 10.8. The summed E-state index contributed by atoms with van der Waals surface area (Å²) >= 11 is 0. The van der Waals surface area contributed by atoms with Crippen LogP contribution in [0.4, 0.5) is 10.5 Å². The van der Waals surface area contributed by atoms with Crippen LogP contribution in [-0.2, 0) is 0 Å². The van der Waals surface area contributed by atoms with Crippen molar-refractivity contribution in [1.29, 1.82) is 0 Å². The van der Waals surface area contributed by atoms with Gasteiger partial charge in [-0.05, 0) is 24.3 Å². The van der Waals surface area contributed by atoms with E-state index in [1.807, 2.05) is 6.07 Å². The Hall–Kier alpha value is -2.50. The van der Waals surface area contributed by atoms with Crippen molar-refractivity contribution in [1.82, 2.24) is 10.2 Å². The number of hydrogen-bond donors (Lipinski definition) is 3. The predicted molar refractivity (Wildman–Crippen MR) is 63.8 cm³/mol. The van der Waals surface area contributed by atoms with E-state index >= 15 is 0 Å². The lowest BCUT2D eigenvalue weighted by atomic mass is 10.1. The lowest BCUT2D eigenvalue weighted by Crippen LogP contribution is -2.19. The van der Waals surface area contributed by atoms with Crippen molar-refractivity contribution in [3.8, 4) is 17.0 Å². The zero-order valence-electron chi connectivity index (χ0n) is 9.23. The first-order chi connectivity index (χ1) is 8.20. The van der Waals surface area contributed by atoms with Gasteiger partial charge in [0.15, 0.2) is 0 Å². The average molecular weight is 232 g/mol. The largest absolute Gasteiger partial charge is 0.496 e. The summed E-state index contributed by atoms with van der Waals surface area (Å²) in [5.41, 5.74) is 7.27. The third-order valence-electron chi connectivity index (χ3n) is 2.26. The highest BCUT2D eigenvalue weighted by Gasteiger charge is 2.08. The van der Waals surface area contributed by atoms with Gasteiger partial charge in [0.25, 0.3) is 0 Å². The summed E-state index contributed by atoms with van der Waals surface area (Å²) in [5, 5.41) is 9.21. The number of carbonyl (C=O) groups excluding carboxylic acids is 1. The molecule has 2 rings (SSSR count). The van der Waals surface area contributed by atoms with E-state index in [-0.39, 0.29) is 0 Å². The predicted octanol–water partition coefficient (Wildman–Crippen LogP) is 1.58. The molecule has 17 heavy (non-hydrogen) atoms. The normalized spacial score (nSPS) is 9.94. The molecule has 1 aromatic carbocycles. The fourth-order valence-electron chi connectivity index (χ4n) is 1.54. The highest BCUT2D eigenvalue weighted by molar-refractivity contribution is 5.89. The van der Waals surface area contributed by atoms with Crippen molar-refractivity contribution in [3.63, 3.8) is 0 Å². The number of nitrogens with zero attached hydrogens (tertiary/aromatic N) is 1. The number of urea groups is 1. The number of nitrogens with one attached hydrogen (secondary N) is 2. The molecule has 6 heteroatoms. The number of aromatic nitrogens is 2. The Bertz CT molecular complexity index is 522. The lowest BCUT2D eigenvalue weighted by molar-refractivity contribution is 0.259. The molecule has 0 aliphatic rings. The number of methoxy groups -OCH3 is 1. The number of rotatable bonds is 3. The Morgan fingerprint density at radius 2 is 2.29 bits per heavy atom. The van der Waals surface area contributed by atoms with E-state index in [1.54, 1.807) is 31.5 Å². The molecule has 0 unspecified atom stereocenters. The highest BCUT2D eigenvalue weighted by atomic mass is 16.5. The Balaban J connectivity index is 2.43. The number of hydrogen-bond acceptors (Lipinski definition) is 3. The maximum absolute atomic E-state index is 10.8. The average Bonchev–Trinajstić information content (AvgIpc) is 2.81. The lowest BCUT2D eigenvalue weighted by Gasteiger charge is -2.09. The molecule has 0 saturated heterocycles. The standard InChI is InChI=1S/C11H12N4O2/c1-17-10-3-2-7(14-11(12)16)6-8(10)9-4-5-13-15-9/h2-6H,1H3,(H,13,15)(H3,12,14,16). The summed E-state index contributed by atoms with van der Waals surface area (Å²) in [6.07, 6.45) is 1.64. The van der Waals surface area contributed by atoms with E-state index in [1.165, 1.54) is 0 Å². The van der Waals surface area contributed by atoms with E-state index in [0.29, 0.717) is 11.4 Å². The van der Waals surface area contributed by atoms with Crippen LogP contribution in [0.5, 0.6) is 5.75 Å². The summed E-state index contributed by atoms with van der Waals surface area (Å²) in [6, 6.07) is 6.43. The number of amides is 2. The fourth-order valence-corrected chi connectivity index (χ4v) is 1.54. The summed E-state index contributed by atoms with van der Waals surface area (Å²) in [5.74, 6) is 0.685. The first kappa shape index (κ1) is 11.0. The summed E-state index contributed by atoms with van der Waals surface area (Å²) in [6.45, 7) is 0. The van der Waals surface area contributed by atoms with Gasteiger partial charge in [-0.3, -0.25) is 5.10 Å². The van der Waals surface area contributed by atoms with Crippen molar-refractivity contribution in [2.24, 2.45) is 5.73 Å². The van der Waals surface area contributed by atoms with Crippen LogP contribution in [0.25, 0.3) is 11.3 Å². The Morgan fingerprint density at radius 3 is 2.88 bits per heavy atom. The van der Waals surface area contributed by atoms with Gasteiger partial charge in [-0.15, -0.1) is 0 Å². The van der Waals surface area contributed by atoms with Gasteiger partial charge < -0.3 is 15.8 Å². The molecule has 0 aliphatic heterocycles. The minimum atomic E-state index is -0.606. The zero-order valence-corrected chi connectivity index (χ0v) is 9.23. The molecular weight excluding hydrogens is 220 g/mol. The molecule has 88 valence electrons. The Morgan fingerprint density at radius 1 is 1.47 bits per heavy atom. The van der Waals surface area contributed by atoms with E-state index in [0.717, 1.165) is 11.3 Å². The van der Waals surface area contributed by atoms with Crippen LogP contribution < -0.4 is 15.8 Å². The number of H-pyrrole nitrogens is 1. The summed E-state index contributed by atoms with van der Waals surface area (Å²) < 4.78 is 5.24. The van der Waals surface area contributed by atoms with E-state index in [4.69, 9.17) is 10.5 Å². The fraction of sp³-hybridized carbons (Fsp3) is 0.0909. The minimum Gasteiger partial charge on any atom is -0.496 e. The van der Waals surface area contributed by atoms with Crippen molar-refractivity contribution in [3.05, 3.63) is 30.5 Å². The number of benzene rings is 1. The van der Waals surface area contributed by atoms with Gasteiger partial charge in [-0.25, -0.2) is 4.79 Å². The number of ether oxygens (including phenoxy) is 1. The molecule has 1 aromatic heterocycles. The van der Waals surface area contributed by atoms with Gasteiger partial charge in [0.2, 0.25) is 0 Å². The van der Waals surface area contributed by atoms with Gasteiger partial charge in [0.05, 0.1) is 12.8 Å². The number of anilines is 1. The molecule has 0 radical (unpaired) electrons. The second-order valence-corrected chi connectivity index (χ2v) is 3.37. The summed E-state index contributed by atoms with van der Waals surface area (Å²) in [4.78, 5) is 10.8. The molecular formula is C11H12N4O2. The molecule has 0 spiro atoms. The topological polar surface area (TPSA) is 93.0 Å². The Kier molecular flexibility index (Phi) is 2.95. The van der Waals surface area contributed by atoms with Crippen molar-refractivity contribution < 1.29 is 9.53 Å². The van der Waals surface area contributed by atoms with Gasteiger partial charge in [0.1, 0.15) is 5.75 Å². The Labute approximate surface area is 97.8 Å². The van der Waals surface area contributed by atoms with Crippen LogP contribution in [0, 0.1) is 0 Å². The smallest absolute Gasteiger partial charge is 0.316 e. The van der Waals surface area contributed by atoms with Crippen LogP contribution in [0.3, 0.4) is 0 Å². The van der Waals surface area contributed by atoms with E-state index < -0.39 is 6.03 Å². The minimum absolute atomic E-state index is 0.600. The van der Waals surface area contributed by atoms with Crippen LogP contribution in [0.1, 0.15) is 0 Å². The molecule has 4 N–H and O–H groups in total. The summed E-state index contributed by atoms with van der Waals surface area (Å²) in [7, 11) is 1.58. The van der Waals surface area contributed by atoms with Crippen molar-refractivity contribution >= 4 is 11.7 Å². The van der Waals surface area contributed by atoms with Crippen LogP contribution >= 0.6 is 0 Å². The number of nitrogens with two attached hydrogens (primary N) is 1. The molecule has 2 amide bonds. The van der Waals surface area contributed by atoms with Crippen molar-refractivity contribution in [2.45, 2.75) is 0 Å². The monoisotopic (exact) mass is 232 g/mol. The quantitative estimate of drug-likeness (QED) is 0.749. The molecule has 1 heterocycles. The van der Waals surface area contributed by atoms with Crippen LogP contribution in [0.2, 0.25) is 0 Å². The second-order valence-electron chi connectivity index (χ2n) is 3.37. The van der Waals surface area contributed by atoms with Gasteiger partial charge in [-0.2, -0.15) is 5.10 Å². The first-order valence-corrected chi connectivity index (χ1v) is 4.95. The SMILES string of the molecule is COc1ccc(NC(N)=O)cc1-c1ccn[nH]1. The number of primary amides is 1. The molecule has 0 saturated carbocycles. The van der Waals surface area contributed by atoms with Crippen LogP contribution in [0.15, 0.2) is 30.5 Å². The molecule has 0 bridgehead atoms. The molecule has 6 nitrogen and oxygen atoms in total. The maximum Gasteiger partial charge on any atom is 0.316 e. The molecule has 0 atom stereocenters. The zero-order chi connectivity index (χ0) is 12.3. The van der Waals surface area contributed by atoms with E-state index in [9.17, 15) is 4.79 Å². The second kappa shape index (κ2) is 4.56. The molecule has 0 aliphatic carbocycles. The third-order valence-corrected chi connectivity index (χ3v) is 2.26. The molecule has 2 aromatic rings. The van der Waals surface area contributed by atoms with Gasteiger partial charge in [-0.1, -0.05) is 0 Å². The van der Waals surface area contributed by atoms with E-state index in [2.05, 4.69) is 15.5 Å². The van der Waals surface area contributed by atoms with Gasteiger partial charge in [0, 0.05) is 17.4 Å².